The van der Waals surface area contributed by atoms with Crippen molar-refractivity contribution in [2.45, 2.75) is 39.8 Å². The van der Waals surface area contributed by atoms with Gasteiger partial charge in [0.25, 0.3) is 0 Å². The van der Waals surface area contributed by atoms with Gasteiger partial charge in [0.1, 0.15) is 11.8 Å². The number of carbonyl (C=O) groups excluding carboxylic acids is 2. The second-order valence-electron chi connectivity index (χ2n) is 6.61. The highest BCUT2D eigenvalue weighted by Gasteiger charge is 2.26. The zero-order valence-electron chi connectivity index (χ0n) is 16.5. The third kappa shape index (κ3) is 5.84. The Balaban J connectivity index is 2.23. The molecular formula is C22H28N2O3. The molecule has 0 spiro atoms. The topological polar surface area (TPSA) is 58.6 Å². The van der Waals surface area contributed by atoms with Crippen LogP contribution in [-0.4, -0.2) is 36.4 Å². The Bertz CT molecular complexity index is 771. The zero-order valence-corrected chi connectivity index (χ0v) is 16.5. The zero-order chi connectivity index (χ0) is 19.8. The minimum absolute atomic E-state index is 0.0829. The van der Waals surface area contributed by atoms with Crippen molar-refractivity contribution in [3.8, 4) is 5.75 Å². The molecule has 0 aromatic heterocycles. The molecule has 1 atom stereocenters. The van der Waals surface area contributed by atoms with Gasteiger partial charge in [0.2, 0.25) is 11.8 Å². The van der Waals surface area contributed by atoms with Gasteiger partial charge >= 0.3 is 0 Å². The lowest BCUT2D eigenvalue weighted by atomic mass is 10.1. The SMILES string of the molecule is CCNC(=O)C(C)N(Cc1cccc(OC)c1)C(=O)Cc1ccc(C)cc1. The fourth-order valence-electron chi connectivity index (χ4n) is 2.85. The van der Waals surface area contributed by atoms with Crippen LogP contribution in [0.3, 0.4) is 0 Å². The molecule has 0 aliphatic heterocycles. The van der Waals surface area contributed by atoms with Crippen LogP contribution in [0.1, 0.15) is 30.5 Å². The summed E-state index contributed by atoms with van der Waals surface area (Å²) in [7, 11) is 1.61. The number of hydrogen-bond acceptors (Lipinski definition) is 3. The van der Waals surface area contributed by atoms with Gasteiger partial charge in [-0.3, -0.25) is 9.59 Å². The van der Waals surface area contributed by atoms with Crippen molar-refractivity contribution in [1.29, 1.82) is 0 Å². The first kappa shape index (κ1) is 20.5. The summed E-state index contributed by atoms with van der Waals surface area (Å²) in [6.07, 6.45) is 0.258. The number of rotatable bonds is 8. The maximum atomic E-state index is 13.0. The van der Waals surface area contributed by atoms with E-state index in [9.17, 15) is 9.59 Å². The van der Waals surface area contributed by atoms with Crippen molar-refractivity contribution in [2.75, 3.05) is 13.7 Å². The van der Waals surface area contributed by atoms with Gasteiger partial charge in [-0.15, -0.1) is 0 Å². The van der Waals surface area contributed by atoms with E-state index in [4.69, 9.17) is 4.74 Å². The van der Waals surface area contributed by atoms with Crippen LogP contribution in [0.25, 0.3) is 0 Å². The lowest BCUT2D eigenvalue weighted by Crippen LogP contribution is -2.48. The van der Waals surface area contributed by atoms with Gasteiger partial charge in [-0.1, -0.05) is 42.0 Å². The number of amides is 2. The highest BCUT2D eigenvalue weighted by atomic mass is 16.5. The monoisotopic (exact) mass is 368 g/mol. The minimum Gasteiger partial charge on any atom is -0.497 e. The Morgan fingerprint density at radius 1 is 1.11 bits per heavy atom. The summed E-state index contributed by atoms with van der Waals surface area (Å²) in [5.41, 5.74) is 3.00. The van der Waals surface area contributed by atoms with Crippen molar-refractivity contribution >= 4 is 11.8 Å². The molecule has 5 nitrogen and oxygen atoms in total. The molecule has 0 aliphatic rings. The third-order valence-electron chi connectivity index (χ3n) is 4.48. The number of nitrogens with zero attached hydrogens (tertiary/aromatic N) is 1. The van der Waals surface area contributed by atoms with Crippen LogP contribution in [0.2, 0.25) is 0 Å². The molecule has 0 aliphatic carbocycles. The van der Waals surface area contributed by atoms with Crippen LogP contribution in [0.15, 0.2) is 48.5 Å². The first-order chi connectivity index (χ1) is 12.9. The number of likely N-dealkylation sites (N-methyl/N-ethyl adjacent to an activating group) is 1. The van der Waals surface area contributed by atoms with Crippen molar-refractivity contribution in [1.82, 2.24) is 10.2 Å². The van der Waals surface area contributed by atoms with Crippen molar-refractivity contribution in [3.63, 3.8) is 0 Å². The van der Waals surface area contributed by atoms with Crippen molar-refractivity contribution < 1.29 is 14.3 Å². The molecule has 1 N–H and O–H groups in total. The van der Waals surface area contributed by atoms with E-state index in [-0.39, 0.29) is 18.2 Å². The summed E-state index contributed by atoms with van der Waals surface area (Å²) in [4.78, 5) is 27.0. The van der Waals surface area contributed by atoms with Crippen molar-refractivity contribution in [3.05, 3.63) is 65.2 Å². The van der Waals surface area contributed by atoms with Crippen LogP contribution < -0.4 is 10.1 Å². The van der Waals surface area contributed by atoms with E-state index < -0.39 is 6.04 Å². The van der Waals surface area contributed by atoms with Gasteiger partial charge in [0.15, 0.2) is 0 Å². The molecule has 2 aromatic rings. The molecule has 0 bridgehead atoms. The number of ether oxygens (including phenoxy) is 1. The lowest BCUT2D eigenvalue weighted by Gasteiger charge is -2.29. The fourth-order valence-corrected chi connectivity index (χ4v) is 2.85. The van der Waals surface area contributed by atoms with Crippen LogP contribution in [0, 0.1) is 6.92 Å². The molecule has 27 heavy (non-hydrogen) atoms. The summed E-state index contributed by atoms with van der Waals surface area (Å²) < 4.78 is 5.27. The van der Waals surface area contributed by atoms with Gasteiger partial charge in [-0.25, -0.2) is 0 Å². The molecule has 2 amide bonds. The highest BCUT2D eigenvalue weighted by Crippen LogP contribution is 2.17. The van der Waals surface area contributed by atoms with Gasteiger partial charge in [-0.2, -0.15) is 0 Å². The van der Waals surface area contributed by atoms with Crippen molar-refractivity contribution in [2.24, 2.45) is 0 Å². The Morgan fingerprint density at radius 3 is 2.44 bits per heavy atom. The summed E-state index contributed by atoms with van der Waals surface area (Å²) >= 11 is 0. The van der Waals surface area contributed by atoms with Crippen LogP contribution in [-0.2, 0) is 22.6 Å². The molecule has 2 rings (SSSR count). The molecule has 5 heteroatoms. The molecule has 0 heterocycles. The minimum atomic E-state index is -0.561. The first-order valence-electron chi connectivity index (χ1n) is 9.20. The predicted molar refractivity (Wildman–Crippen MR) is 107 cm³/mol. The summed E-state index contributed by atoms with van der Waals surface area (Å²) in [6, 6.07) is 14.9. The fraction of sp³-hybridized carbons (Fsp3) is 0.364. The number of hydrogen-bond donors (Lipinski definition) is 1. The maximum absolute atomic E-state index is 13.0. The van der Waals surface area contributed by atoms with E-state index in [1.807, 2.05) is 62.4 Å². The van der Waals surface area contributed by atoms with Gasteiger partial charge in [-0.05, 0) is 44.0 Å². The smallest absolute Gasteiger partial charge is 0.242 e. The number of carbonyl (C=O) groups is 2. The quantitative estimate of drug-likeness (QED) is 0.779. The Labute approximate surface area is 161 Å². The van der Waals surface area contributed by atoms with Crippen LogP contribution in [0.5, 0.6) is 5.75 Å². The normalized spacial score (nSPS) is 11.6. The Morgan fingerprint density at radius 2 is 1.81 bits per heavy atom. The third-order valence-corrected chi connectivity index (χ3v) is 4.48. The van der Waals surface area contributed by atoms with E-state index in [1.54, 1.807) is 18.9 Å². The van der Waals surface area contributed by atoms with E-state index >= 15 is 0 Å². The number of aryl methyl sites for hydroxylation is 1. The molecule has 1 unspecified atom stereocenters. The molecule has 2 aromatic carbocycles. The molecule has 144 valence electrons. The second-order valence-corrected chi connectivity index (χ2v) is 6.61. The number of nitrogens with one attached hydrogen (secondary N) is 1. The maximum Gasteiger partial charge on any atom is 0.242 e. The number of benzene rings is 2. The Kier molecular flexibility index (Phi) is 7.41. The predicted octanol–water partition coefficient (Wildman–Crippen LogP) is 3.10. The lowest BCUT2D eigenvalue weighted by molar-refractivity contribution is -0.140. The van der Waals surface area contributed by atoms with E-state index in [1.165, 1.54) is 0 Å². The van der Waals surface area contributed by atoms with E-state index in [0.29, 0.717) is 13.1 Å². The molecule has 0 radical (unpaired) electrons. The standard InChI is InChI=1S/C22H28N2O3/c1-5-23-22(26)17(3)24(15-19-7-6-8-20(13-19)27-4)21(25)14-18-11-9-16(2)10-12-18/h6-13,17H,5,14-15H2,1-4H3,(H,23,26). The van der Waals surface area contributed by atoms with E-state index in [2.05, 4.69) is 5.32 Å². The first-order valence-corrected chi connectivity index (χ1v) is 9.20. The van der Waals surface area contributed by atoms with Crippen LogP contribution >= 0.6 is 0 Å². The molecule has 0 saturated heterocycles. The molecule has 0 fully saturated rings. The van der Waals surface area contributed by atoms with Gasteiger partial charge in [0, 0.05) is 13.1 Å². The summed E-state index contributed by atoms with van der Waals surface area (Å²) in [5, 5.41) is 2.80. The molecule has 0 saturated carbocycles. The van der Waals surface area contributed by atoms with Gasteiger partial charge < -0.3 is 15.0 Å². The van der Waals surface area contributed by atoms with Gasteiger partial charge in [0.05, 0.1) is 13.5 Å². The second kappa shape index (κ2) is 9.76. The average Bonchev–Trinajstić information content (AvgIpc) is 2.67. The summed E-state index contributed by atoms with van der Waals surface area (Å²) in [5.74, 6) is 0.488. The highest BCUT2D eigenvalue weighted by molar-refractivity contribution is 5.88. The van der Waals surface area contributed by atoms with E-state index in [0.717, 1.165) is 22.4 Å². The van der Waals surface area contributed by atoms with Crippen LogP contribution in [0.4, 0.5) is 0 Å². The largest absolute Gasteiger partial charge is 0.497 e. The molecular weight excluding hydrogens is 340 g/mol. The number of methoxy groups -OCH3 is 1. The average molecular weight is 368 g/mol. The Hall–Kier alpha value is -2.82. The summed E-state index contributed by atoms with van der Waals surface area (Å²) in [6.45, 7) is 6.52.